The summed E-state index contributed by atoms with van der Waals surface area (Å²) in [7, 11) is 0. The minimum absolute atomic E-state index is 0.0251. The molecule has 0 bridgehead atoms. The van der Waals surface area contributed by atoms with Crippen LogP contribution in [0.5, 0.6) is 0 Å². The lowest BCUT2D eigenvalue weighted by Gasteiger charge is -2.05. The van der Waals surface area contributed by atoms with Crippen molar-refractivity contribution in [3.8, 4) is 11.3 Å². The maximum Gasteiger partial charge on any atom is 0.279 e. The molecule has 0 aliphatic carbocycles. The number of imidazole rings is 1. The molecule has 0 atom stereocenters. The lowest BCUT2D eigenvalue weighted by molar-refractivity contribution is 0.226. The van der Waals surface area contributed by atoms with Gasteiger partial charge in [0, 0.05) is 36.3 Å². The summed E-state index contributed by atoms with van der Waals surface area (Å²) < 4.78 is 24.6. The Hall–Kier alpha value is -3.20. The molecular formula is C17H18F2N6O. The summed E-state index contributed by atoms with van der Waals surface area (Å²) in [4.78, 5) is 11.3. The molecule has 7 nitrogen and oxygen atoms in total. The van der Waals surface area contributed by atoms with Gasteiger partial charge >= 0.3 is 0 Å². The van der Waals surface area contributed by atoms with Crippen LogP contribution in [-0.2, 0) is 0 Å². The molecule has 0 fully saturated rings. The van der Waals surface area contributed by atoms with E-state index in [4.69, 9.17) is 15.9 Å². The standard InChI is InChI=1S/C17H18F2N6O/c18-17(19)13(21)1-2-16-24-10-15(25-16)11-3-4-23-14(7-11)12(8-20)9-22-5-6-26/h1-4,7-10,17,20-22,26H,5-6H2,(H,24,25)/b2-1-,12-9+,20-8?,21-13?. The molecule has 0 unspecified atom stereocenters. The van der Waals surface area contributed by atoms with E-state index in [2.05, 4.69) is 20.3 Å². The van der Waals surface area contributed by atoms with E-state index >= 15 is 0 Å². The number of nitrogens with zero attached hydrogens (tertiary/aromatic N) is 2. The summed E-state index contributed by atoms with van der Waals surface area (Å²) in [5.74, 6) is 0.344. The average molecular weight is 360 g/mol. The van der Waals surface area contributed by atoms with E-state index in [1.807, 2.05) is 0 Å². The Bertz CT molecular complexity index is 828. The van der Waals surface area contributed by atoms with Crippen molar-refractivity contribution in [3.05, 3.63) is 48.3 Å². The van der Waals surface area contributed by atoms with Gasteiger partial charge in [-0.2, -0.15) is 0 Å². The molecule has 2 aromatic rings. The zero-order valence-corrected chi connectivity index (χ0v) is 13.7. The predicted molar refractivity (Wildman–Crippen MR) is 96.4 cm³/mol. The predicted octanol–water partition coefficient (Wildman–Crippen LogP) is 2.34. The summed E-state index contributed by atoms with van der Waals surface area (Å²) in [5.41, 5.74) is 1.69. The van der Waals surface area contributed by atoms with Crippen LogP contribution < -0.4 is 5.32 Å². The van der Waals surface area contributed by atoms with Crippen LogP contribution in [0, 0.1) is 10.8 Å². The Morgan fingerprint density at radius 3 is 2.88 bits per heavy atom. The number of aromatic nitrogens is 3. The summed E-state index contributed by atoms with van der Waals surface area (Å²) in [6, 6.07) is 3.49. The van der Waals surface area contributed by atoms with Crippen molar-refractivity contribution in [2.24, 2.45) is 0 Å². The van der Waals surface area contributed by atoms with Crippen LogP contribution >= 0.6 is 0 Å². The van der Waals surface area contributed by atoms with E-state index in [1.54, 1.807) is 30.7 Å². The number of halogens is 2. The molecule has 0 spiro atoms. The Morgan fingerprint density at radius 1 is 1.38 bits per heavy atom. The summed E-state index contributed by atoms with van der Waals surface area (Å²) in [6.45, 7) is 0.337. The number of pyridine rings is 1. The highest BCUT2D eigenvalue weighted by atomic mass is 19.3. The van der Waals surface area contributed by atoms with Crippen LogP contribution in [0.1, 0.15) is 11.5 Å². The molecule has 0 aliphatic heterocycles. The minimum atomic E-state index is -2.82. The van der Waals surface area contributed by atoms with Crippen molar-refractivity contribution in [1.82, 2.24) is 20.3 Å². The molecule has 0 aliphatic rings. The monoisotopic (exact) mass is 360 g/mol. The lowest BCUT2D eigenvalue weighted by Crippen LogP contribution is -2.12. The van der Waals surface area contributed by atoms with Gasteiger partial charge in [-0.25, -0.2) is 13.8 Å². The first kappa shape index (κ1) is 19.1. The molecule has 9 heteroatoms. The van der Waals surface area contributed by atoms with Gasteiger partial charge in [0.1, 0.15) is 5.82 Å². The summed E-state index contributed by atoms with van der Waals surface area (Å²) in [6.07, 6.45) is 5.34. The van der Waals surface area contributed by atoms with Crippen molar-refractivity contribution in [3.63, 3.8) is 0 Å². The van der Waals surface area contributed by atoms with Crippen molar-refractivity contribution in [2.75, 3.05) is 13.2 Å². The van der Waals surface area contributed by atoms with E-state index in [9.17, 15) is 8.78 Å². The minimum Gasteiger partial charge on any atom is -0.395 e. The van der Waals surface area contributed by atoms with E-state index in [0.717, 1.165) is 17.9 Å². The number of hydrogen-bond acceptors (Lipinski definition) is 6. The van der Waals surface area contributed by atoms with Gasteiger partial charge in [-0.3, -0.25) is 10.4 Å². The Morgan fingerprint density at radius 2 is 2.19 bits per heavy atom. The van der Waals surface area contributed by atoms with Gasteiger partial charge in [0.15, 0.2) is 0 Å². The molecule has 0 saturated carbocycles. The van der Waals surface area contributed by atoms with Crippen LogP contribution in [0.4, 0.5) is 8.78 Å². The third kappa shape index (κ3) is 5.15. The van der Waals surface area contributed by atoms with E-state index in [0.29, 0.717) is 29.3 Å². The van der Waals surface area contributed by atoms with Gasteiger partial charge in [-0.05, 0) is 24.3 Å². The number of rotatable bonds is 9. The fraction of sp³-hybridized carbons (Fsp3) is 0.176. The fourth-order valence-corrected chi connectivity index (χ4v) is 2.00. The molecule has 5 N–H and O–H groups in total. The van der Waals surface area contributed by atoms with E-state index in [-0.39, 0.29) is 6.61 Å². The summed E-state index contributed by atoms with van der Waals surface area (Å²) in [5, 5.41) is 26.2. The van der Waals surface area contributed by atoms with Gasteiger partial charge in [0.25, 0.3) is 6.43 Å². The normalized spacial score (nSPS) is 11.9. The first-order chi connectivity index (χ1) is 12.5. The molecule has 0 amide bonds. The van der Waals surface area contributed by atoms with Crippen LogP contribution in [0.25, 0.3) is 22.9 Å². The number of aliphatic hydroxyl groups is 1. The average Bonchev–Trinajstić information content (AvgIpc) is 3.12. The molecule has 2 heterocycles. The first-order valence-corrected chi connectivity index (χ1v) is 7.66. The number of H-pyrrole nitrogens is 1. The molecule has 26 heavy (non-hydrogen) atoms. The number of alkyl halides is 2. The fourth-order valence-electron chi connectivity index (χ4n) is 2.00. The third-order valence-corrected chi connectivity index (χ3v) is 3.29. The maximum absolute atomic E-state index is 12.3. The molecule has 0 saturated heterocycles. The highest BCUT2D eigenvalue weighted by Crippen LogP contribution is 2.20. The number of hydrogen-bond donors (Lipinski definition) is 5. The maximum atomic E-state index is 12.3. The van der Waals surface area contributed by atoms with Crippen molar-refractivity contribution < 1.29 is 13.9 Å². The van der Waals surface area contributed by atoms with Crippen molar-refractivity contribution >= 4 is 23.6 Å². The Balaban J connectivity index is 2.21. The largest absolute Gasteiger partial charge is 0.395 e. The molecule has 136 valence electrons. The highest BCUT2D eigenvalue weighted by Gasteiger charge is 2.08. The van der Waals surface area contributed by atoms with Gasteiger partial charge in [-0.15, -0.1) is 0 Å². The zero-order chi connectivity index (χ0) is 18.9. The van der Waals surface area contributed by atoms with Crippen molar-refractivity contribution in [2.45, 2.75) is 6.43 Å². The second-order valence-corrected chi connectivity index (χ2v) is 5.12. The zero-order valence-electron chi connectivity index (χ0n) is 13.7. The second kappa shape index (κ2) is 9.33. The Labute approximate surface area is 148 Å². The molecule has 0 aromatic carbocycles. The second-order valence-electron chi connectivity index (χ2n) is 5.12. The molecule has 0 radical (unpaired) electrons. The number of allylic oxidation sites excluding steroid dienone is 2. The van der Waals surface area contributed by atoms with Crippen molar-refractivity contribution in [1.29, 1.82) is 10.8 Å². The topological polar surface area (TPSA) is 122 Å². The Kier molecular flexibility index (Phi) is 6.86. The summed E-state index contributed by atoms with van der Waals surface area (Å²) >= 11 is 0. The number of aromatic amines is 1. The lowest BCUT2D eigenvalue weighted by atomic mass is 10.1. The smallest absolute Gasteiger partial charge is 0.279 e. The van der Waals surface area contributed by atoms with Crippen LogP contribution in [0.2, 0.25) is 0 Å². The SMILES string of the molecule is N=C/C(=C\NCCO)c1cc(-c2cnc(/C=C\C(=N)C(F)F)[nH]2)ccn1. The van der Waals surface area contributed by atoms with Crippen LogP contribution in [0.15, 0.2) is 36.8 Å². The third-order valence-electron chi connectivity index (χ3n) is 3.29. The van der Waals surface area contributed by atoms with Gasteiger partial charge in [-0.1, -0.05) is 0 Å². The van der Waals surface area contributed by atoms with E-state index in [1.165, 1.54) is 6.08 Å². The van der Waals surface area contributed by atoms with Gasteiger partial charge in [0.05, 0.1) is 29.9 Å². The van der Waals surface area contributed by atoms with Crippen LogP contribution in [-0.4, -0.2) is 51.6 Å². The van der Waals surface area contributed by atoms with Crippen LogP contribution in [0.3, 0.4) is 0 Å². The molecule has 2 aromatic heterocycles. The van der Waals surface area contributed by atoms with Gasteiger partial charge in [0.2, 0.25) is 0 Å². The first-order valence-electron chi connectivity index (χ1n) is 7.66. The van der Waals surface area contributed by atoms with E-state index < -0.39 is 12.1 Å². The number of aliphatic hydroxyl groups excluding tert-OH is 1. The molecular weight excluding hydrogens is 342 g/mol. The quantitative estimate of drug-likeness (QED) is 0.348. The molecule has 2 rings (SSSR count). The van der Waals surface area contributed by atoms with Gasteiger partial charge < -0.3 is 20.8 Å². The highest BCUT2D eigenvalue weighted by molar-refractivity contribution is 6.07. The number of nitrogens with one attached hydrogen (secondary N) is 4.